The van der Waals surface area contributed by atoms with Crippen molar-refractivity contribution in [2.75, 3.05) is 0 Å². The van der Waals surface area contributed by atoms with E-state index in [1.807, 2.05) is 60.7 Å². The van der Waals surface area contributed by atoms with Crippen molar-refractivity contribution in [2.45, 2.75) is 9.79 Å². The fraction of sp³-hybridized carbons (Fsp3) is 0. The summed E-state index contributed by atoms with van der Waals surface area (Å²) in [5, 5.41) is 7.35. The van der Waals surface area contributed by atoms with Crippen LogP contribution in [-0.4, -0.2) is 15.0 Å². The lowest BCUT2D eigenvalue weighted by Gasteiger charge is -2.20. The van der Waals surface area contributed by atoms with Gasteiger partial charge >= 0.3 is 0 Å². The number of hydrogen-bond donors (Lipinski definition) is 0. The third-order valence-corrected chi connectivity index (χ3v) is 9.26. The van der Waals surface area contributed by atoms with Gasteiger partial charge in [-0.15, -0.1) is 0 Å². The smallest absolute Gasteiger partial charge is 0.164 e. The second-order valence-electron chi connectivity index (χ2n) is 10.8. The minimum atomic E-state index is 0.625. The summed E-state index contributed by atoms with van der Waals surface area (Å²) >= 11 is 1.70. The van der Waals surface area contributed by atoms with Crippen LogP contribution in [0, 0.1) is 0 Å². The second kappa shape index (κ2) is 10.0. The number of hydrogen-bond acceptors (Lipinski definition) is 5. The molecule has 206 valence electrons. The van der Waals surface area contributed by atoms with Crippen LogP contribution in [0.5, 0.6) is 11.5 Å². The van der Waals surface area contributed by atoms with Crippen molar-refractivity contribution in [1.29, 1.82) is 0 Å². The molecule has 0 bridgehead atoms. The third-order valence-electron chi connectivity index (χ3n) is 8.16. The first kappa shape index (κ1) is 25.0. The topological polar surface area (TPSA) is 47.9 Å². The van der Waals surface area contributed by atoms with Crippen molar-refractivity contribution < 1.29 is 4.74 Å². The molecule has 0 spiro atoms. The molecule has 0 radical (unpaired) electrons. The van der Waals surface area contributed by atoms with Crippen LogP contribution in [-0.2, 0) is 0 Å². The lowest BCUT2D eigenvalue weighted by atomic mass is 9.93. The zero-order chi connectivity index (χ0) is 29.0. The van der Waals surface area contributed by atoms with Crippen molar-refractivity contribution in [3.63, 3.8) is 0 Å². The fourth-order valence-corrected chi connectivity index (χ4v) is 7.05. The summed E-state index contributed by atoms with van der Waals surface area (Å²) in [5.41, 5.74) is 2.81. The summed E-state index contributed by atoms with van der Waals surface area (Å²) in [6.07, 6.45) is 0. The van der Waals surface area contributed by atoms with Crippen molar-refractivity contribution >= 4 is 44.1 Å². The molecule has 0 atom stereocenters. The first-order chi connectivity index (χ1) is 21.8. The molecule has 8 aromatic rings. The van der Waals surface area contributed by atoms with E-state index in [0.29, 0.717) is 17.5 Å². The van der Waals surface area contributed by atoms with E-state index < -0.39 is 0 Å². The lowest BCUT2D eigenvalue weighted by molar-refractivity contribution is 0.454. The number of para-hydroxylation sites is 1. The summed E-state index contributed by atoms with van der Waals surface area (Å²) in [4.78, 5) is 17.2. The van der Waals surface area contributed by atoms with Crippen molar-refractivity contribution in [3.8, 4) is 45.7 Å². The molecule has 7 aromatic carbocycles. The molecule has 1 aromatic heterocycles. The maximum Gasteiger partial charge on any atom is 0.164 e. The number of fused-ring (bicyclic) bond motifs is 8. The molecular formula is C39H23N3OS. The quantitative estimate of drug-likeness (QED) is 0.194. The normalized spacial score (nSPS) is 12.2. The fourth-order valence-electron chi connectivity index (χ4n) is 6.06. The van der Waals surface area contributed by atoms with Gasteiger partial charge in [-0.2, -0.15) is 0 Å². The lowest BCUT2D eigenvalue weighted by Crippen LogP contribution is -2.01. The largest absolute Gasteiger partial charge is 0.455 e. The van der Waals surface area contributed by atoms with Gasteiger partial charge in [0.15, 0.2) is 17.5 Å². The van der Waals surface area contributed by atoms with Crippen molar-refractivity contribution in [1.82, 2.24) is 15.0 Å². The van der Waals surface area contributed by atoms with Crippen LogP contribution in [0.3, 0.4) is 0 Å². The monoisotopic (exact) mass is 581 g/mol. The van der Waals surface area contributed by atoms with Gasteiger partial charge in [-0.25, -0.2) is 15.0 Å². The average molecular weight is 582 g/mol. The van der Waals surface area contributed by atoms with Gasteiger partial charge in [-0.1, -0.05) is 115 Å². The van der Waals surface area contributed by atoms with Gasteiger partial charge in [0.25, 0.3) is 0 Å². The molecule has 0 amide bonds. The number of nitrogens with zero attached hydrogens (tertiary/aromatic N) is 3. The first-order valence-corrected chi connectivity index (χ1v) is 15.3. The Morgan fingerprint density at radius 2 is 0.864 bits per heavy atom. The standard InChI is InChI=1S/C39H23N3OS/c1-2-10-24(11-3-1)37-40-38(42-39(41-37)26-19-21-34-36(23-26)44-35-17-9-8-16-33(35)43-34)25-18-20-31-29-14-5-4-12-27(29)28-13-6-7-15-30(28)32(31)22-25/h1-23H. The molecular weight excluding hydrogens is 559 g/mol. The Morgan fingerprint density at radius 3 is 1.57 bits per heavy atom. The van der Waals surface area contributed by atoms with Crippen LogP contribution < -0.4 is 4.74 Å². The Hall–Kier alpha value is -5.52. The maximum absolute atomic E-state index is 6.19. The number of benzene rings is 7. The molecule has 0 fully saturated rings. The van der Waals surface area contributed by atoms with E-state index in [1.54, 1.807) is 11.8 Å². The van der Waals surface area contributed by atoms with Gasteiger partial charge in [0.1, 0.15) is 11.5 Å². The Balaban J connectivity index is 1.23. The first-order valence-electron chi connectivity index (χ1n) is 14.5. The van der Waals surface area contributed by atoms with Crippen LogP contribution in [0.1, 0.15) is 0 Å². The SMILES string of the molecule is c1ccc(-c2nc(-c3ccc4c(c3)Sc3ccccc3O4)nc(-c3ccc4c5ccccc5c5ccccc5c4c3)n2)cc1. The van der Waals surface area contributed by atoms with Gasteiger partial charge in [0.2, 0.25) is 0 Å². The predicted molar refractivity (Wildman–Crippen MR) is 179 cm³/mol. The highest BCUT2D eigenvalue weighted by Crippen LogP contribution is 2.48. The molecule has 0 N–H and O–H groups in total. The van der Waals surface area contributed by atoms with Crippen LogP contribution in [0.15, 0.2) is 149 Å². The van der Waals surface area contributed by atoms with Gasteiger partial charge in [0.05, 0.1) is 9.79 Å². The Bertz CT molecular complexity index is 2370. The molecule has 1 aliphatic heterocycles. The Labute approximate surface area is 258 Å². The molecule has 0 unspecified atom stereocenters. The Kier molecular flexibility index (Phi) is 5.71. The van der Waals surface area contributed by atoms with Gasteiger partial charge < -0.3 is 4.74 Å². The summed E-state index contributed by atoms with van der Waals surface area (Å²) < 4.78 is 6.19. The van der Waals surface area contributed by atoms with Crippen molar-refractivity contribution in [3.05, 3.63) is 140 Å². The molecule has 4 nitrogen and oxygen atoms in total. The van der Waals surface area contributed by atoms with E-state index >= 15 is 0 Å². The highest BCUT2D eigenvalue weighted by molar-refractivity contribution is 7.99. The van der Waals surface area contributed by atoms with Gasteiger partial charge in [-0.05, 0) is 68.7 Å². The zero-order valence-corrected chi connectivity index (χ0v) is 24.3. The summed E-state index contributed by atoms with van der Waals surface area (Å²) in [5.74, 6) is 3.62. The second-order valence-corrected chi connectivity index (χ2v) is 11.9. The molecule has 0 saturated carbocycles. The summed E-state index contributed by atoms with van der Waals surface area (Å²) in [7, 11) is 0. The van der Waals surface area contributed by atoms with Gasteiger partial charge in [0, 0.05) is 16.7 Å². The molecule has 1 aliphatic rings. The molecule has 9 rings (SSSR count). The Morgan fingerprint density at radius 1 is 0.364 bits per heavy atom. The number of rotatable bonds is 3. The van der Waals surface area contributed by atoms with E-state index in [2.05, 4.69) is 78.9 Å². The molecule has 0 saturated heterocycles. The van der Waals surface area contributed by atoms with E-state index in [0.717, 1.165) is 38.0 Å². The molecule has 5 heteroatoms. The number of aromatic nitrogens is 3. The number of ether oxygens (including phenoxy) is 1. The van der Waals surface area contributed by atoms with E-state index in [4.69, 9.17) is 19.7 Å². The van der Waals surface area contributed by atoms with E-state index in [-0.39, 0.29) is 0 Å². The van der Waals surface area contributed by atoms with Crippen LogP contribution in [0.25, 0.3) is 66.5 Å². The van der Waals surface area contributed by atoms with Crippen LogP contribution in [0.2, 0.25) is 0 Å². The third kappa shape index (κ3) is 4.13. The predicted octanol–water partition coefficient (Wildman–Crippen LogP) is 10.6. The van der Waals surface area contributed by atoms with Gasteiger partial charge in [-0.3, -0.25) is 0 Å². The van der Waals surface area contributed by atoms with Crippen molar-refractivity contribution in [2.24, 2.45) is 0 Å². The van der Waals surface area contributed by atoms with E-state index in [9.17, 15) is 0 Å². The van der Waals surface area contributed by atoms with E-state index in [1.165, 1.54) is 32.3 Å². The maximum atomic E-state index is 6.19. The highest BCUT2D eigenvalue weighted by Gasteiger charge is 2.20. The highest BCUT2D eigenvalue weighted by atomic mass is 32.2. The average Bonchev–Trinajstić information content (AvgIpc) is 3.10. The minimum Gasteiger partial charge on any atom is -0.455 e. The molecule has 2 heterocycles. The summed E-state index contributed by atoms with van der Waals surface area (Å²) in [6, 6.07) is 48.2. The summed E-state index contributed by atoms with van der Waals surface area (Å²) in [6.45, 7) is 0. The minimum absolute atomic E-state index is 0.625. The molecule has 0 aliphatic carbocycles. The van der Waals surface area contributed by atoms with Crippen LogP contribution >= 0.6 is 11.8 Å². The molecule has 44 heavy (non-hydrogen) atoms. The zero-order valence-electron chi connectivity index (χ0n) is 23.4. The van der Waals surface area contributed by atoms with Crippen LogP contribution in [0.4, 0.5) is 0 Å².